The van der Waals surface area contributed by atoms with Gasteiger partial charge in [-0.1, -0.05) is 11.8 Å². The Morgan fingerprint density at radius 1 is 1.29 bits per heavy atom. The molecule has 0 bridgehead atoms. The number of amides is 1. The van der Waals surface area contributed by atoms with Crippen LogP contribution >= 0.6 is 11.8 Å². The number of carbonyl (C=O) groups is 1. The van der Waals surface area contributed by atoms with Gasteiger partial charge in [-0.25, -0.2) is 9.97 Å². The van der Waals surface area contributed by atoms with Gasteiger partial charge >= 0.3 is 0 Å². The largest absolute Gasteiger partial charge is 0.342 e. The van der Waals surface area contributed by atoms with Crippen molar-refractivity contribution in [1.29, 1.82) is 0 Å². The van der Waals surface area contributed by atoms with Crippen LogP contribution < -0.4 is 0 Å². The fourth-order valence-electron chi connectivity index (χ4n) is 1.93. The van der Waals surface area contributed by atoms with E-state index in [4.69, 9.17) is 0 Å². The predicted molar refractivity (Wildman–Crippen MR) is 67.8 cm³/mol. The summed E-state index contributed by atoms with van der Waals surface area (Å²) in [6.07, 6.45) is 6.91. The molecule has 0 spiro atoms. The quantitative estimate of drug-likeness (QED) is 0.608. The molecule has 2 heterocycles. The van der Waals surface area contributed by atoms with Crippen LogP contribution in [-0.2, 0) is 4.79 Å². The summed E-state index contributed by atoms with van der Waals surface area (Å²) >= 11 is 1.43. The number of thioether (sulfide) groups is 1. The Balaban J connectivity index is 1.90. The second kappa shape index (κ2) is 6.00. The van der Waals surface area contributed by atoms with Crippen molar-refractivity contribution in [3.8, 4) is 0 Å². The van der Waals surface area contributed by atoms with Crippen LogP contribution in [0.2, 0.25) is 0 Å². The lowest BCUT2D eigenvalue weighted by atomic mass is 10.1. The van der Waals surface area contributed by atoms with E-state index in [2.05, 4.69) is 9.97 Å². The van der Waals surface area contributed by atoms with E-state index in [9.17, 15) is 4.79 Å². The van der Waals surface area contributed by atoms with Crippen molar-refractivity contribution in [2.24, 2.45) is 0 Å². The average molecular weight is 251 g/mol. The molecule has 1 atom stereocenters. The average Bonchev–Trinajstić information content (AvgIpc) is 2.40. The highest BCUT2D eigenvalue weighted by Gasteiger charge is 2.23. The summed E-state index contributed by atoms with van der Waals surface area (Å²) in [6.45, 7) is 3.73. The van der Waals surface area contributed by atoms with Crippen molar-refractivity contribution < 1.29 is 4.79 Å². The second-order valence-corrected chi connectivity index (χ2v) is 5.49. The fourth-order valence-corrected chi connectivity index (χ4v) is 2.74. The van der Waals surface area contributed by atoms with E-state index < -0.39 is 0 Å². The smallest absolute Gasteiger partial charge is 0.235 e. The van der Waals surface area contributed by atoms with Gasteiger partial charge in [-0.15, -0.1) is 0 Å². The van der Waals surface area contributed by atoms with E-state index in [1.807, 2.05) is 11.8 Å². The highest BCUT2D eigenvalue weighted by Crippen LogP contribution is 2.21. The summed E-state index contributed by atoms with van der Waals surface area (Å²) in [5, 5.41) is 0.570. The minimum absolute atomic E-state index is 0.101. The van der Waals surface area contributed by atoms with Crippen molar-refractivity contribution in [2.75, 3.05) is 13.1 Å². The van der Waals surface area contributed by atoms with Gasteiger partial charge in [-0.05, 0) is 32.3 Å². The molecular formula is C12H17N3OS. The number of likely N-dealkylation sites (tertiary alicyclic amines) is 1. The number of rotatable bonds is 3. The monoisotopic (exact) mass is 251 g/mol. The van der Waals surface area contributed by atoms with Gasteiger partial charge in [-0.3, -0.25) is 4.79 Å². The van der Waals surface area contributed by atoms with E-state index in [0.717, 1.165) is 25.9 Å². The zero-order valence-corrected chi connectivity index (χ0v) is 10.8. The highest BCUT2D eigenvalue weighted by atomic mass is 32.2. The lowest BCUT2D eigenvalue weighted by Crippen LogP contribution is -2.40. The summed E-state index contributed by atoms with van der Waals surface area (Å²) < 4.78 is 0. The molecular weight excluding hydrogens is 234 g/mol. The van der Waals surface area contributed by atoms with Crippen LogP contribution in [0.25, 0.3) is 0 Å². The summed E-state index contributed by atoms with van der Waals surface area (Å²) in [7, 11) is 0. The first kappa shape index (κ1) is 12.4. The normalized spacial score (nSPS) is 17.8. The minimum atomic E-state index is -0.101. The molecule has 0 aliphatic carbocycles. The number of piperidine rings is 1. The number of aromatic nitrogens is 2. The first-order valence-electron chi connectivity index (χ1n) is 6.00. The Morgan fingerprint density at radius 3 is 2.59 bits per heavy atom. The first-order chi connectivity index (χ1) is 8.27. The van der Waals surface area contributed by atoms with Gasteiger partial charge in [0, 0.05) is 25.5 Å². The van der Waals surface area contributed by atoms with Crippen molar-refractivity contribution in [3.63, 3.8) is 0 Å². The molecule has 1 aromatic heterocycles. The number of nitrogens with zero attached hydrogens (tertiary/aromatic N) is 3. The maximum atomic E-state index is 12.2. The molecule has 1 aliphatic rings. The second-order valence-electron chi connectivity index (χ2n) is 4.18. The molecule has 0 N–H and O–H groups in total. The zero-order valence-electron chi connectivity index (χ0n) is 10.0. The third kappa shape index (κ3) is 3.43. The molecule has 1 amide bonds. The Kier molecular flexibility index (Phi) is 4.36. The van der Waals surface area contributed by atoms with E-state index >= 15 is 0 Å². The van der Waals surface area contributed by atoms with Crippen molar-refractivity contribution in [3.05, 3.63) is 18.5 Å². The fraction of sp³-hybridized carbons (Fsp3) is 0.583. The van der Waals surface area contributed by atoms with E-state index in [-0.39, 0.29) is 11.2 Å². The standard InChI is InChI=1S/C12H17N3OS/c1-10(17-12-13-6-5-7-14-12)11(16)15-8-3-2-4-9-15/h5-7,10H,2-4,8-9H2,1H3/t10-/m1/s1. The van der Waals surface area contributed by atoms with Crippen LogP contribution in [0.5, 0.6) is 0 Å². The van der Waals surface area contributed by atoms with Gasteiger partial charge in [0.15, 0.2) is 5.16 Å². The van der Waals surface area contributed by atoms with Gasteiger partial charge in [0.05, 0.1) is 5.25 Å². The molecule has 0 radical (unpaired) electrons. The maximum Gasteiger partial charge on any atom is 0.235 e. The summed E-state index contributed by atoms with van der Waals surface area (Å²) in [5.74, 6) is 0.210. The Morgan fingerprint density at radius 2 is 1.94 bits per heavy atom. The Labute approximate surface area is 106 Å². The Hall–Kier alpha value is -1.10. The number of carbonyl (C=O) groups excluding carboxylic acids is 1. The molecule has 1 fully saturated rings. The molecule has 4 nitrogen and oxygen atoms in total. The van der Waals surface area contributed by atoms with Gasteiger partial charge in [-0.2, -0.15) is 0 Å². The molecule has 0 saturated carbocycles. The van der Waals surface area contributed by atoms with E-state index in [1.54, 1.807) is 18.5 Å². The van der Waals surface area contributed by atoms with E-state index in [0.29, 0.717) is 5.16 Å². The van der Waals surface area contributed by atoms with Crippen LogP contribution in [0.1, 0.15) is 26.2 Å². The van der Waals surface area contributed by atoms with Crippen LogP contribution in [-0.4, -0.2) is 39.1 Å². The lowest BCUT2D eigenvalue weighted by molar-refractivity contribution is -0.131. The molecule has 0 unspecified atom stereocenters. The third-order valence-corrected chi connectivity index (χ3v) is 3.82. The third-order valence-electron chi connectivity index (χ3n) is 2.84. The van der Waals surface area contributed by atoms with Crippen LogP contribution in [0, 0.1) is 0 Å². The summed E-state index contributed by atoms with van der Waals surface area (Å²) in [5.41, 5.74) is 0. The SMILES string of the molecule is C[C@@H](Sc1ncccn1)C(=O)N1CCCCC1. The molecule has 0 aromatic carbocycles. The van der Waals surface area contributed by atoms with Gasteiger partial charge in [0.1, 0.15) is 0 Å². The lowest BCUT2D eigenvalue weighted by Gasteiger charge is -2.28. The predicted octanol–water partition coefficient (Wildman–Crippen LogP) is 1.97. The first-order valence-corrected chi connectivity index (χ1v) is 6.88. The van der Waals surface area contributed by atoms with Gasteiger partial charge in [0.2, 0.25) is 5.91 Å². The molecule has 92 valence electrons. The molecule has 1 aromatic rings. The van der Waals surface area contributed by atoms with Crippen molar-refractivity contribution >= 4 is 17.7 Å². The molecule has 5 heteroatoms. The van der Waals surface area contributed by atoms with E-state index in [1.165, 1.54) is 18.2 Å². The topological polar surface area (TPSA) is 46.1 Å². The Bertz CT molecular complexity index is 365. The van der Waals surface area contributed by atoms with Crippen molar-refractivity contribution in [1.82, 2.24) is 14.9 Å². The van der Waals surface area contributed by atoms with Crippen molar-refractivity contribution in [2.45, 2.75) is 36.6 Å². The number of hydrogen-bond donors (Lipinski definition) is 0. The highest BCUT2D eigenvalue weighted by molar-refractivity contribution is 8.00. The maximum absolute atomic E-state index is 12.2. The van der Waals surface area contributed by atoms with Gasteiger partial charge in [0.25, 0.3) is 0 Å². The van der Waals surface area contributed by atoms with Crippen LogP contribution in [0.15, 0.2) is 23.6 Å². The molecule has 1 aliphatic heterocycles. The molecule has 1 saturated heterocycles. The van der Waals surface area contributed by atoms with Crippen LogP contribution in [0.3, 0.4) is 0 Å². The zero-order chi connectivity index (χ0) is 12.1. The van der Waals surface area contributed by atoms with Gasteiger partial charge < -0.3 is 4.90 Å². The van der Waals surface area contributed by atoms with Crippen LogP contribution in [0.4, 0.5) is 0 Å². The minimum Gasteiger partial charge on any atom is -0.342 e. The molecule has 2 rings (SSSR count). The summed E-state index contributed by atoms with van der Waals surface area (Å²) in [4.78, 5) is 22.4. The number of hydrogen-bond acceptors (Lipinski definition) is 4. The summed E-state index contributed by atoms with van der Waals surface area (Å²) in [6, 6.07) is 1.78. The molecule has 17 heavy (non-hydrogen) atoms.